The lowest BCUT2D eigenvalue weighted by molar-refractivity contribution is -0.153. The molecule has 23 heavy (non-hydrogen) atoms. The van der Waals surface area contributed by atoms with Crippen molar-refractivity contribution in [1.82, 2.24) is 4.90 Å². The van der Waals surface area contributed by atoms with Crippen LogP contribution in [0, 0.1) is 6.92 Å². The molecule has 0 heterocycles. The van der Waals surface area contributed by atoms with Gasteiger partial charge in [-0.3, -0.25) is 0 Å². The fraction of sp³-hybridized carbons (Fsp3) is 0.533. The van der Waals surface area contributed by atoms with Gasteiger partial charge in [0.05, 0.1) is 17.8 Å². The number of likely N-dealkylation sites (N-methyl/N-ethyl adjacent to an activating group) is 1. The van der Waals surface area contributed by atoms with E-state index in [4.69, 9.17) is 4.74 Å². The number of aryl methyl sites for hydroxylation is 1. The highest BCUT2D eigenvalue weighted by Gasteiger charge is 2.29. The Morgan fingerprint density at radius 2 is 1.96 bits per heavy atom. The Hall–Kier alpha value is -1.96. The van der Waals surface area contributed by atoms with E-state index in [9.17, 15) is 23.1 Å². The molecule has 2 N–H and O–H groups in total. The van der Waals surface area contributed by atoms with Crippen molar-refractivity contribution in [2.75, 3.05) is 25.5 Å². The summed E-state index contributed by atoms with van der Waals surface area (Å²) >= 11 is 0. The Balaban J connectivity index is 2.85. The van der Waals surface area contributed by atoms with Gasteiger partial charge in [0.2, 0.25) is 0 Å². The Bertz CT molecular complexity index is 554. The number of benzene rings is 1. The summed E-state index contributed by atoms with van der Waals surface area (Å²) in [6.07, 6.45) is -4.47. The van der Waals surface area contributed by atoms with Gasteiger partial charge in [-0.15, -0.1) is 0 Å². The van der Waals surface area contributed by atoms with Crippen LogP contribution in [-0.4, -0.2) is 48.0 Å². The van der Waals surface area contributed by atoms with E-state index in [1.165, 1.54) is 24.1 Å². The highest BCUT2D eigenvalue weighted by Crippen LogP contribution is 2.28. The van der Waals surface area contributed by atoms with Gasteiger partial charge < -0.3 is 20.1 Å². The summed E-state index contributed by atoms with van der Waals surface area (Å²) < 4.78 is 41.7. The van der Waals surface area contributed by atoms with Gasteiger partial charge in [-0.2, -0.15) is 13.2 Å². The number of hydrogen-bond acceptors (Lipinski definition) is 3. The van der Waals surface area contributed by atoms with E-state index < -0.39 is 24.4 Å². The molecule has 8 heteroatoms. The number of aliphatic hydroxyl groups is 1. The second-order valence-corrected chi connectivity index (χ2v) is 6.00. The number of nitrogens with zero attached hydrogens (tertiary/aromatic N) is 1. The van der Waals surface area contributed by atoms with Crippen LogP contribution in [-0.2, 0) is 0 Å². The molecule has 0 saturated heterocycles. The van der Waals surface area contributed by atoms with Crippen molar-refractivity contribution < 1.29 is 27.8 Å². The molecule has 0 atom stereocenters. The first-order valence-electron chi connectivity index (χ1n) is 6.92. The van der Waals surface area contributed by atoms with Crippen molar-refractivity contribution >= 4 is 11.7 Å². The third-order valence-corrected chi connectivity index (χ3v) is 2.74. The molecule has 0 fully saturated rings. The number of amides is 2. The quantitative estimate of drug-likeness (QED) is 0.869. The maximum atomic E-state index is 12.3. The monoisotopic (exact) mass is 334 g/mol. The molecule has 0 aromatic heterocycles. The maximum absolute atomic E-state index is 12.3. The molecule has 1 aromatic carbocycles. The zero-order valence-corrected chi connectivity index (χ0v) is 13.5. The number of urea groups is 1. The fourth-order valence-electron chi connectivity index (χ4n) is 1.87. The van der Waals surface area contributed by atoms with Crippen molar-refractivity contribution in [2.24, 2.45) is 0 Å². The minimum absolute atomic E-state index is 0.0590. The molecule has 0 unspecified atom stereocenters. The van der Waals surface area contributed by atoms with Crippen LogP contribution in [0.4, 0.5) is 23.7 Å². The third-order valence-electron chi connectivity index (χ3n) is 2.74. The number of nitrogens with one attached hydrogen (secondary N) is 1. The normalized spacial score (nSPS) is 12.0. The molecule has 2 amide bonds. The van der Waals surface area contributed by atoms with Gasteiger partial charge in [0.25, 0.3) is 0 Å². The lowest BCUT2D eigenvalue weighted by Gasteiger charge is -2.26. The van der Waals surface area contributed by atoms with E-state index in [-0.39, 0.29) is 18.0 Å². The van der Waals surface area contributed by atoms with Gasteiger partial charge in [0, 0.05) is 7.05 Å². The molecule has 0 spiro atoms. The minimum atomic E-state index is -4.47. The van der Waals surface area contributed by atoms with Gasteiger partial charge in [-0.05, 0) is 38.5 Å². The highest BCUT2D eigenvalue weighted by molar-refractivity contribution is 5.90. The standard InChI is InChI=1S/C15H21F3N2O3/c1-10-5-6-11(12(7-10)23-9-15(16,17)18)19-13(21)20(4)8-14(2,3)22/h5-7,22H,8-9H2,1-4H3,(H,19,21). The molecule has 1 aromatic rings. The number of anilines is 1. The summed E-state index contributed by atoms with van der Waals surface area (Å²) in [5.41, 5.74) is -0.257. The van der Waals surface area contributed by atoms with E-state index >= 15 is 0 Å². The fourth-order valence-corrected chi connectivity index (χ4v) is 1.87. The van der Waals surface area contributed by atoms with Gasteiger partial charge >= 0.3 is 12.2 Å². The molecule has 130 valence electrons. The van der Waals surface area contributed by atoms with Crippen LogP contribution in [0.3, 0.4) is 0 Å². The van der Waals surface area contributed by atoms with Gasteiger partial charge in [-0.1, -0.05) is 6.07 Å². The number of halogens is 3. The van der Waals surface area contributed by atoms with Crippen molar-refractivity contribution in [1.29, 1.82) is 0 Å². The summed E-state index contributed by atoms with van der Waals surface area (Å²) in [4.78, 5) is 13.3. The smallest absolute Gasteiger partial charge is 0.422 e. The lowest BCUT2D eigenvalue weighted by atomic mass is 10.1. The summed E-state index contributed by atoms with van der Waals surface area (Å²) in [5.74, 6) is -0.0627. The summed E-state index contributed by atoms with van der Waals surface area (Å²) in [5, 5.41) is 12.2. The van der Waals surface area contributed by atoms with Gasteiger partial charge in [0.1, 0.15) is 5.75 Å². The van der Waals surface area contributed by atoms with Crippen LogP contribution >= 0.6 is 0 Å². The highest BCUT2D eigenvalue weighted by atomic mass is 19.4. The number of rotatable bonds is 5. The molecular weight excluding hydrogens is 313 g/mol. The van der Waals surface area contributed by atoms with Crippen molar-refractivity contribution in [3.8, 4) is 5.75 Å². The Kier molecular flexibility index (Phi) is 5.87. The average molecular weight is 334 g/mol. The van der Waals surface area contributed by atoms with Crippen LogP contribution in [0.25, 0.3) is 0 Å². The molecule has 0 bridgehead atoms. The summed E-state index contributed by atoms with van der Waals surface area (Å²) in [6.45, 7) is 3.40. The average Bonchev–Trinajstić information content (AvgIpc) is 2.36. The zero-order valence-electron chi connectivity index (χ0n) is 13.5. The molecule has 5 nitrogen and oxygen atoms in total. The van der Waals surface area contributed by atoms with E-state index in [0.717, 1.165) is 0 Å². The minimum Gasteiger partial charge on any atom is -0.482 e. The van der Waals surface area contributed by atoms with Crippen molar-refractivity contribution in [2.45, 2.75) is 32.5 Å². The maximum Gasteiger partial charge on any atom is 0.422 e. The van der Waals surface area contributed by atoms with E-state index in [1.54, 1.807) is 26.8 Å². The van der Waals surface area contributed by atoms with E-state index in [1.807, 2.05) is 0 Å². The number of carbonyl (C=O) groups is 1. The Morgan fingerprint density at radius 3 is 2.48 bits per heavy atom. The topological polar surface area (TPSA) is 61.8 Å². The Labute approximate surface area is 133 Å². The van der Waals surface area contributed by atoms with Gasteiger partial charge in [0.15, 0.2) is 6.61 Å². The lowest BCUT2D eigenvalue weighted by Crippen LogP contribution is -2.41. The van der Waals surface area contributed by atoms with Crippen LogP contribution in [0.5, 0.6) is 5.75 Å². The van der Waals surface area contributed by atoms with Crippen LogP contribution in [0.2, 0.25) is 0 Å². The molecule has 0 aliphatic rings. The summed E-state index contributed by atoms with van der Waals surface area (Å²) in [6, 6.07) is 3.97. The van der Waals surface area contributed by atoms with Crippen molar-refractivity contribution in [3.05, 3.63) is 23.8 Å². The van der Waals surface area contributed by atoms with Crippen molar-refractivity contribution in [3.63, 3.8) is 0 Å². The zero-order chi connectivity index (χ0) is 17.8. The van der Waals surface area contributed by atoms with E-state index in [0.29, 0.717) is 5.56 Å². The first kappa shape index (κ1) is 19.1. The number of alkyl halides is 3. The number of carbonyl (C=O) groups excluding carboxylic acids is 1. The predicted octanol–water partition coefficient (Wildman–Crippen LogP) is 3.17. The largest absolute Gasteiger partial charge is 0.482 e. The third kappa shape index (κ3) is 7.23. The first-order valence-corrected chi connectivity index (χ1v) is 6.92. The molecule has 0 radical (unpaired) electrons. The van der Waals surface area contributed by atoms with Crippen LogP contribution in [0.15, 0.2) is 18.2 Å². The SMILES string of the molecule is Cc1ccc(NC(=O)N(C)CC(C)(C)O)c(OCC(F)(F)F)c1. The second-order valence-electron chi connectivity index (χ2n) is 6.00. The number of ether oxygens (including phenoxy) is 1. The predicted molar refractivity (Wildman–Crippen MR) is 80.7 cm³/mol. The second kappa shape index (κ2) is 7.08. The first-order chi connectivity index (χ1) is 10.4. The Morgan fingerprint density at radius 1 is 1.35 bits per heavy atom. The molecule has 0 saturated carbocycles. The molecule has 0 aliphatic heterocycles. The van der Waals surface area contributed by atoms with Gasteiger partial charge in [-0.25, -0.2) is 4.79 Å². The molecular formula is C15H21F3N2O3. The van der Waals surface area contributed by atoms with Crippen LogP contribution in [0.1, 0.15) is 19.4 Å². The summed E-state index contributed by atoms with van der Waals surface area (Å²) in [7, 11) is 1.47. The number of hydrogen-bond donors (Lipinski definition) is 2. The molecule has 0 aliphatic carbocycles. The van der Waals surface area contributed by atoms with E-state index in [2.05, 4.69) is 5.32 Å². The van der Waals surface area contributed by atoms with Crippen LogP contribution < -0.4 is 10.1 Å². The molecule has 1 rings (SSSR count).